The fourth-order valence-electron chi connectivity index (χ4n) is 1.70. The zero-order valence-electron chi connectivity index (χ0n) is 10.3. The van der Waals surface area contributed by atoms with Gasteiger partial charge in [-0.25, -0.2) is 12.8 Å². The summed E-state index contributed by atoms with van der Waals surface area (Å²) in [6, 6.07) is 3.64. The van der Waals surface area contributed by atoms with E-state index in [-0.39, 0.29) is 22.0 Å². The van der Waals surface area contributed by atoms with Crippen LogP contribution >= 0.6 is 15.9 Å². The quantitative estimate of drug-likeness (QED) is 0.773. The van der Waals surface area contributed by atoms with E-state index in [1.165, 1.54) is 19.1 Å². The number of hydrogen-bond acceptors (Lipinski definition) is 4. The Morgan fingerprint density at radius 3 is 2.85 bits per heavy atom. The lowest BCUT2D eigenvalue weighted by atomic mass is 10.3. The summed E-state index contributed by atoms with van der Waals surface area (Å²) in [4.78, 5) is -0.142. The second kappa shape index (κ2) is 5.51. The van der Waals surface area contributed by atoms with E-state index in [9.17, 15) is 12.8 Å². The van der Waals surface area contributed by atoms with Crippen LogP contribution in [0.3, 0.4) is 0 Å². The maximum absolute atomic E-state index is 13.2. The summed E-state index contributed by atoms with van der Waals surface area (Å²) in [5, 5.41) is 15.3. The van der Waals surface area contributed by atoms with Gasteiger partial charge in [-0.3, -0.25) is 9.82 Å². The molecule has 0 aliphatic rings. The fraction of sp³-hybridized carbons (Fsp3) is 0.182. The number of hydrogen-bond donors (Lipinski definition) is 3. The third-order valence-corrected chi connectivity index (χ3v) is 4.81. The molecule has 0 aliphatic carbocycles. The molecule has 0 unspecified atom stereocenters. The summed E-state index contributed by atoms with van der Waals surface area (Å²) in [5.41, 5.74) is 0.353. The molecule has 2 aromatic rings. The Labute approximate surface area is 123 Å². The van der Waals surface area contributed by atoms with Crippen molar-refractivity contribution in [1.82, 2.24) is 10.2 Å². The number of aryl methyl sites for hydroxylation is 1. The average Bonchev–Trinajstić information content (AvgIpc) is 2.75. The maximum atomic E-state index is 13.2. The SMILES string of the molecule is Cc1[nH]nc(CO)c1S(=O)(=O)Nc1cc(F)ccc1Br. The highest BCUT2D eigenvalue weighted by Gasteiger charge is 2.24. The zero-order valence-corrected chi connectivity index (χ0v) is 12.7. The van der Waals surface area contributed by atoms with E-state index in [1.54, 1.807) is 0 Å². The van der Waals surface area contributed by atoms with Crippen LogP contribution in [-0.4, -0.2) is 23.7 Å². The molecule has 0 fully saturated rings. The van der Waals surface area contributed by atoms with Crippen molar-refractivity contribution in [2.45, 2.75) is 18.4 Å². The molecule has 2 rings (SSSR count). The minimum Gasteiger partial charge on any atom is -0.390 e. The van der Waals surface area contributed by atoms with E-state index in [0.29, 0.717) is 4.47 Å². The molecule has 0 radical (unpaired) electrons. The monoisotopic (exact) mass is 363 g/mol. The Morgan fingerprint density at radius 1 is 1.50 bits per heavy atom. The van der Waals surface area contributed by atoms with Crippen LogP contribution in [0, 0.1) is 12.7 Å². The summed E-state index contributed by atoms with van der Waals surface area (Å²) in [7, 11) is -3.98. The predicted octanol–water partition coefficient (Wildman–Crippen LogP) is 1.91. The standard InChI is InChI=1S/C11H11BrFN3O3S/c1-6-11(10(5-17)15-14-6)20(18,19)16-9-4-7(13)2-3-8(9)12/h2-4,16-17H,5H2,1H3,(H,14,15). The fourth-order valence-corrected chi connectivity index (χ4v) is 3.61. The lowest BCUT2D eigenvalue weighted by Gasteiger charge is -2.10. The van der Waals surface area contributed by atoms with E-state index in [4.69, 9.17) is 5.11 Å². The van der Waals surface area contributed by atoms with E-state index >= 15 is 0 Å². The van der Waals surface area contributed by atoms with E-state index < -0.39 is 22.4 Å². The second-order valence-corrected chi connectivity index (χ2v) is 6.49. The van der Waals surface area contributed by atoms with Crippen molar-refractivity contribution >= 4 is 31.6 Å². The van der Waals surface area contributed by atoms with Gasteiger partial charge in [0, 0.05) is 4.47 Å². The molecule has 0 bridgehead atoms. The molecule has 3 N–H and O–H groups in total. The highest BCUT2D eigenvalue weighted by Crippen LogP contribution is 2.27. The molecule has 20 heavy (non-hydrogen) atoms. The van der Waals surface area contributed by atoms with Crippen molar-refractivity contribution in [2.75, 3.05) is 4.72 Å². The van der Waals surface area contributed by atoms with Gasteiger partial charge in [0.2, 0.25) is 0 Å². The smallest absolute Gasteiger partial charge is 0.265 e. The number of aromatic amines is 1. The lowest BCUT2D eigenvalue weighted by molar-refractivity contribution is 0.273. The van der Waals surface area contributed by atoms with Crippen LogP contribution in [0.25, 0.3) is 0 Å². The summed E-state index contributed by atoms with van der Waals surface area (Å²) < 4.78 is 40.4. The van der Waals surface area contributed by atoms with Gasteiger partial charge in [0.1, 0.15) is 16.4 Å². The number of H-pyrrole nitrogens is 1. The summed E-state index contributed by atoms with van der Waals surface area (Å²) >= 11 is 3.13. The Kier molecular flexibility index (Phi) is 4.11. The van der Waals surface area contributed by atoms with Gasteiger partial charge in [-0.05, 0) is 41.1 Å². The first-order valence-corrected chi connectivity index (χ1v) is 7.75. The van der Waals surface area contributed by atoms with Crippen LogP contribution in [0.1, 0.15) is 11.4 Å². The number of nitrogens with one attached hydrogen (secondary N) is 2. The molecule has 1 aromatic heterocycles. The molecule has 9 heteroatoms. The molecule has 0 saturated carbocycles. The molecule has 0 aliphatic heterocycles. The molecule has 1 heterocycles. The van der Waals surface area contributed by atoms with E-state index in [0.717, 1.165) is 6.07 Å². The van der Waals surface area contributed by atoms with Crippen LogP contribution in [0.4, 0.5) is 10.1 Å². The molecule has 108 valence electrons. The van der Waals surface area contributed by atoms with Crippen molar-refractivity contribution in [3.8, 4) is 0 Å². The van der Waals surface area contributed by atoms with Gasteiger partial charge in [0.25, 0.3) is 10.0 Å². The predicted molar refractivity (Wildman–Crippen MR) is 74.2 cm³/mol. The molecule has 0 atom stereocenters. The van der Waals surface area contributed by atoms with Crippen molar-refractivity contribution in [3.63, 3.8) is 0 Å². The Bertz CT molecular complexity index is 745. The first-order valence-electron chi connectivity index (χ1n) is 5.47. The van der Waals surface area contributed by atoms with Crippen molar-refractivity contribution in [1.29, 1.82) is 0 Å². The Balaban J connectivity index is 2.46. The van der Waals surface area contributed by atoms with Crippen molar-refractivity contribution < 1.29 is 17.9 Å². The number of aromatic nitrogens is 2. The summed E-state index contributed by atoms with van der Waals surface area (Å²) in [6.07, 6.45) is 0. The van der Waals surface area contributed by atoms with Gasteiger partial charge in [-0.1, -0.05) is 0 Å². The minimum absolute atomic E-state index is 0.00234. The number of aliphatic hydroxyl groups is 1. The normalized spacial score (nSPS) is 11.6. The van der Waals surface area contributed by atoms with Crippen molar-refractivity contribution in [3.05, 3.63) is 39.9 Å². The largest absolute Gasteiger partial charge is 0.390 e. The molecule has 6 nitrogen and oxygen atoms in total. The highest BCUT2D eigenvalue weighted by atomic mass is 79.9. The number of benzene rings is 1. The number of halogens is 2. The number of aliphatic hydroxyl groups excluding tert-OH is 1. The maximum Gasteiger partial charge on any atom is 0.265 e. The molecule has 1 aromatic carbocycles. The topological polar surface area (TPSA) is 95.1 Å². The van der Waals surface area contributed by atoms with Crippen LogP contribution in [0.15, 0.2) is 27.6 Å². The van der Waals surface area contributed by atoms with Crippen LogP contribution < -0.4 is 4.72 Å². The molecular formula is C11H11BrFN3O3S. The first kappa shape index (κ1) is 14.9. The molecule has 0 saturated heterocycles. The van der Waals surface area contributed by atoms with Gasteiger partial charge in [-0.2, -0.15) is 5.10 Å². The van der Waals surface area contributed by atoms with Gasteiger partial charge >= 0.3 is 0 Å². The Morgan fingerprint density at radius 2 is 2.20 bits per heavy atom. The zero-order chi connectivity index (χ0) is 14.9. The molecule has 0 spiro atoms. The molecular weight excluding hydrogens is 353 g/mol. The van der Waals surface area contributed by atoms with Gasteiger partial charge in [0.15, 0.2) is 0 Å². The van der Waals surface area contributed by atoms with Gasteiger partial charge < -0.3 is 5.11 Å². The van der Waals surface area contributed by atoms with Gasteiger partial charge in [0.05, 0.1) is 18.0 Å². The highest BCUT2D eigenvalue weighted by molar-refractivity contribution is 9.10. The minimum atomic E-state index is -3.98. The average molecular weight is 364 g/mol. The summed E-state index contributed by atoms with van der Waals surface area (Å²) in [5.74, 6) is -0.572. The number of rotatable bonds is 4. The van der Waals surface area contributed by atoms with Crippen LogP contribution in [0.5, 0.6) is 0 Å². The molecule has 0 amide bonds. The van der Waals surface area contributed by atoms with Crippen LogP contribution in [-0.2, 0) is 16.6 Å². The summed E-state index contributed by atoms with van der Waals surface area (Å²) in [6.45, 7) is 0.992. The number of anilines is 1. The lowest BCUT2D eigenvalue weighted by Crippen LogP contribution is -2.15. The third-order valence-electron chi connectivity index (χ3n) is 2.55. The first-order chi connectivity index (χ1) is 9.35. The van der Waals surface area contributed by atoms with Gasteiger partial charge in [-0.15, -0.1) is 0 Å². The van der Waals surface area contributed by atoms with Crippen LogP contribution in [0.2, 0.25) is 0 Å². The number of sulfonamides is 1. The van der Waals surface area contributed by atoms with E-state index in [1.807, 2.05) is 0 Å². The van der Waals surface area contributed by atoms with Crippen molar-refractivity contribution in [2.24, 2.45) is 0 Å². The Hall–Kier alpha value is -1.45. The van der Waals surface area contributed by atoms with E-state index in [2.05, 4.69) is 30.8 Å². The second-order valence-electron chi connectivity index (χ2n) is 4.01. The third kappa shape index (κ3) is 2.84. The number of nitrogens with zero attached hydrogens (tertiary/aromatic N) is 1.